The maximum Gasteiger partial charge on any atom is 0.329 e. The fourth-order valence-electron chi connectivity index (χ4n) is 2.86. The molecular weight excluding hydrogens is 408 g/mol. The molecule has 0 spiro atoms. The van der Waals surface area contributed by atoms with E-state index in [1.165, 1.54) is 0 Å². The minimum Gasteiger partial charge on any atom is -0.456 e. The zero-order chi connectivity index (χ0) is 23.1. The summed E-state index contributed by atoms with van der Waals surface area (Å²) < 4.78 is 5.38. The number of aromatic nitrogens is 3. The molecule has 1 heterocycles. The molecule has 1 unspecified atom stereocenters. The summed E-state index contributed by atoms with van der Waals surface area (Å²) in [6.45, 7) is 5.37. The number of amides is 1. The predicted molar refractivity (Wildman–Crippen MR) is 121 cm³/mol. The van der Waals surface area contributed by atoms with Crippen molar-refractivity contribution >= 4 is 29.5 Å². The number of para-hydroxylation sites is 1. The Labute approximate surface area is 186 Å². The summed E-state index contributed by atoms with van der Waals surface area (Å²) in [5, 5.41) is 5.76. The zero-order valence-corrected chi connectivity index (χ0v) is 18.2. The summed E-state index contributed by atoms with van der Waals surface area (Å²) in [5.74, 6) is -0.691. The van der Waals surface area contributed by atoms with E-state index in [1.54, 1.807) is 12.1 Å². The van der Waals surface area contributed by atoms with E-state index >= 15 is 0 Å². The number of ether oxygens (including phenoxy) is 1. The number of anilines is 3. The lowest BCUT2D eigenvalue weighted by Gasteiger charge is -2.20. The first-order valence-corrected chi connectivity index (χ1v) is 10.2. The second kappa shape index (κ2) is 10.3. The predicted octanol–water partition coefficient (Wildman–Crippen LogP) is 3.00. The number of carbonyl (C=O) groups is 2. The van der Waals surface area contributed by atoms with E-state index in [1.807, 2.05) is 63.2 Å². The minimum atomic E-state index is -0.829. The van der Waals surface area contributed by atoms with Crippen molar-refractivity contribution in [1.29, 1.82) is 0 Å². The van der Waals surface area contributed by atoms with Gasteiger partial charge in [-0.25, -0.2) is 4.79 Å². The van der Waals surface area contributed by atoms with Crippen LogP contribution >= 0.6 is 0 Å². The first-order valence-electron chi connectivity index (χ1n) is 10.2. The van der Waals surface area contributed by atoms with Gasteiger partial charge >= 0.3 is 5.97 Å². The number of hydrogen-bond acceptors (Lipinski definition) is 8. The molecule has 9 nitrogen and oxygen atoms in total. The summed E-state index contributed by atoms with van der Waals surface area (Å²) in [5.41, 5.74) is 8.06. The average Bonchev–Trinajstić information content (AvgIpc) is 2.76. The second-order valence-electron chi connectivity index (χ2n) is 7.59. The highest BCUT2D eigenvalue weighted by molar-refractivity contribution is 5.96. The van der Waals surface area contributed by atoms with E-state index in [4.69, 9.17) is 10.5 Å². The molecule has 3 aromatic rings. The Bertz CT molecular complexity index is 1070. The third kappa shape index (κ3) is 6.24. The Balaban J connectivity index is 1.64. The maximum absolute atomic E-state index is 12.7. The Hall–Kier alpha value is -4.01. The Morgan fingerprint density at radius 1 is 1.00 bits per heavy atom. The molecule has 0 aliphatic carbocycles. The van der Waals surface area contributed by atoms with Gasteiger partial charge < -0.3 is 21.1 Å². The highest BCUT2D eigenvalue weighted by Crippen LogP contribution is 2.14. The van der Waals surface area contributed by atoms with Crippen LogP contribution in [-0.2, 0) is 16.1 Å². The number of carbonyl (C=O) groups excluding carboxylic acids is 2. The highest BCUT2D eigenvalue weighted by Gasteiger charge is 2.26. The van der Waals surface area contributed by atoms with Crippen LogP contribution in [0.2, 0.25) is 0 Å². The van der Waals surface area contributed by atoms with Crippen molar-refractivity contribution in [2.75, 3.05) is 11.1 Å². The Morgan fingerprint density at radius 3 is 2.34 bits per heavy atom. The molecule has 0 saturated heterocycles. The van der Waals surface area contributed by atoms with Gasteiger partial charge in [0.05, 0.1) is 0 Å². The third-order valence-electron chi connectivity index (χ3n) is 4.59. The monoisotopic (exact) mass is 434 g/mol. The molecule has 0 bridgehead atoms. The first-order chi connectivity index (χ1) is 15.3. The lowest BCUT2D eigenvalue weighted by molar-refractivity contribution is -0.148. The van der Waals surface area contributed by atoms with Crippen molar-refractivity contribution in [2.24, 2.45) is 5.92 Å². The van der Waals surface area contributed by atoms with E-state index in [-0.39, 0.29) is 36.2 Å². The molecule has 0 radical (unpaired) electrons. The molecule has 166 valence electrons. The van der Waals surface area contributed by atoms with E-state index in [9.17, 15) is 9.59 Å². The molecule has 3 rings (SSSR count). The van der Waals surface area contributed by atoms with Gasteiger partial charge in [-0.1, -0.05) is 49.7 Å². The van der Waals surface area contributed by atoms with Gasteiger partial charge in [-0.15, -0.1) is 0 Å². The van der Waals surface area contributed by atoms with Gasteiger partial charge in [-0.2, -0.15) is 15.0 Å². The van der Waals surface area contributed by atoms with Crippen LogP contribution < -0.4 is 16.4 Å². The van der Waals surface area contributed by atoms with Crippen molar-refractivity contribution in [1.82, 2.24) is 20.3 Å². The van der Waals surface area contributed by atoms with Gasteiger partial charge in [-0.05, 0) is 37.1 Å². The van der Waals surface area contributed by atoms with E-state index < -0.39 is 12.0 Å². The largest absolute Gasteiger partial charge is 0.456 e. The molecule has 0 saturated carbocycles. The van der Waals surface area contributed by atoms with E-state index in [2.05, 4.69) is 25.6 Å². The molecule has 9 heteroatoms. The summed E-state index contributed by atoms with van der Waals surface area (Å²) >= 11 is 0. The summed E-state index contributed by atoms with van der Waals surface area (Å²) in [4.78, 5) is 37.5. The quantitative estimate of drug-likeness (QED) is 0.461. The Morgan fingerprint density at radius 2 is 1.69 bits per heavy atom. The minimum absolute atomic E-state index is 0.00226. The van der Waals surface area contributed by atoms with Crippen molar-refractivity contribution < 1.29 is 14.3 Å². The van der Waals surface area contributed by atoms with Crippen LogP contribution in [0.1, 0.15) is 35.6 Å². The van der Waals surface area contributed by atoms with Gasteiger partial charge in [-0.3, -0.25) is 4.79 Å². The van der Waals surface area contributed by atoms with Gasteiger partial charge in [0.2, 0.25) is 11.9 Å². The van der Waals surface area contributed by atoms with Crippen molar-refractivity contribution in [3.63, 3.8) is 0 Å². The topological polar surface area (TPSA) is 132 Å². The SMILES string of the molecule is Cc1ccc(C(=O)NC(C(=O)OCc2nc(N)nc(Nc3ccccc3)n2)C(C)C)cc1. The fraction of sp³-hybridized carbons (Fsp3) is 0.261. The zero-order valence-electron chi connectivity index (χ0n) is 18.2. The highest BCUT2D eigenvalue weighted by atomic mass is 16.5. The molecule has 1 atom stereocenters. The number of nitrogens with two attached hydrogens (primary N) is 1. The van der Waals surface area contributed by atoms with Crippen molar-refractivity contribution in [3.8, 4) is 0 Å². The Kier molecular flexibility index (Phi) is 7.33. The summed E-state index contributed by atoms with van der Waals surface area (Å²) in [6, 6.07) is 15.6. The molecule has 1 amide bonds. The fourth-order valence-corrected chi connectivity index (χ4v) is 2.86. The van der Waals surface area contributed by atoms with Gasteiger partial charge in [0.25, 0.3) is 5.91 Å². The van der Waals surface area contributed by atoms with E-state index in [0.717, 1.165) is 11.3 Å². The van der Waals surface area contributed by atoms with Crippen LogP contribution in [0.3, 0.4) is 0 Å². The number of hydrogen-bond donors (Lipinski definition) is 3. The van der Waals surface area contributed by atoms with Crippen LogP contribution in [0.15, 0.2) is 54.6 Å². The van der Waals surface area contributed by atoms with Crippen molar-refractivity contribution in [2.45, 2.75) is 33.4 Å². The van der Waals surface area contributed by atoms with Crippen LogP contribution in [0.5, 0.6) is 0 Å². The van der Waals surface area contributed by atoms with Gasteiger partial charge in [0, 0.05) is 11.3 Å². The smallest absolute Gasteiger partial charge is 0.329 e. The molecule has 2 aromatic carbocycles. The average molecular weight is 435 g/mol. The normalized spacial score (nSPS) is 11.6. The van der Waals surface area contributed by atoms with Crippen LogP contribution in [0.4, 0.5) is 17.6 Å². The summed E-state index contributed by atoms with van der Waals surface area (Å²) in [6.07, 6.45) is 0. The van der Waals surface area contributed by atoms with E-state index in [0.29, 0.717) is 5.56 Å². The number of aryl methyl sites for hydroxylation is 1. The number of nitrogens with zero attached hydrogens (tertiary/aromatic N) is 3. The second-order valence-corrected chi connectivity index (χ2v) is 7.59. The molecule has 0 aliphatic heterocycles. The number of esters is 1. The number of rotatable bonds is 8. The number of benzene rings is 2. The lowest BCUT2D eigenvalue weighted by Crippen LogP contribution is -2.45. The molecule has 4 N–H and O–H groups in total. The third-order valence-corrected chi connectivity index (χ3v) is 4.59. The molecule has 1 aromatic heterocycles. The van der Waals surface area contributed by atoms with Crippen LogP contribution in [0, 0.1) is 12.8 Å². The van der Waals surface area contributed by atoms with Crippen LogP contribution in [0.25, 0.3) is 0 Å². The summed E-state index contributed by atoms with van der Waals surface area (Å²) in [7, 11) is 0. The lowest BCUT2D eigenvalue weighted by atomic mass is 10.0. The molecule has 0 fully saturated rings. The molecule has 32 heavy (non-hydrogen) atoms. The first kappa shape index (κ1) is 22.7. The van der Waals surface area contributed by atoms with Gasteiger partial charge in [0.15, 0.2) is 12.4 Å². The number of nitrogen functional groups attached to an aromatic ring is 1. The van der Waals surface area contributed by atoms with Crippen molar-refractivity contribution in [3.05, 3.63) is 71.5 Å². The standard InChI is InChI=1S/C23H26N6O3/c1-14(2)19(28-20(30)16-11-9-15(3)10-12-16)21(31)32-13-18-26-22(24)29-23(27-18)25-17-7-5-4-6-8-17/h4-12,14,19H,13H2,1-3H3,(H,28,30)(H3,24,25,26,27,29). The van der Waals surface area contributed by atoms with Gasteiger partial charge in [0.1, 0.15) is 6.04 Å². The maximum atomic E-state index is 12.7. The number of nitrogens with one attached hydrogen (secondary N) is 2. The molecule has 0 aliphatic rings. The molecular formula is C23H26N6O3. The van der Waals surface area contributed by atoms with Crippen LogP contribution in [-0.4, -0.2) is 32.9 Å².